The van der Waals surface area contributed by atoms with Crippen LogP contribution in [0.4, 0.5) is 5.69 Å². The van der Waals surface area contributed by atoms with E-state index < -0.39 is 10.0 Å². The van der Waals surface area contributed by atoms with E-state index in [1.165, 1.54) is 10.5 Å². The Morgan fingerprint density at radius 1 is 1.32 bits per heavy atom. The van der Waals surface area contributed by atoms with Crippen LogP contribution in [0.5, 0.6) is 0 Å². The summed E-state index contributed by atoms with van der Waals surface area (Å²) in [5.74, 6) is 5.35. The number of nitrogens with two attached hydrogens (primary N) is 1. The summed E-state index contributed by atoms with van der Waals surface area (Å²) in [7, 11) is -1.61. The van der Waals surface area contributed by atoms with Gasteiger partial charge in [0, 0.05) is 25.8 Å². The highest BCUT2D eigenvalue weighted by Gasteiger charge is 2.29. The Balaban J connectivity index is 2.31. The maximum atomic E-state index is 12.6. The molecular weight excluding hydrogens is 266 g/mol. The molecule has 2 rings (SSSR count). The van der Waals surface area contributed by atoms with Gasteiger partial charge in [0.1, 0.15) is 0 Å². The highest BCUT2D eigenvalue weighted by atomic mass is 32.2. The lowest BCUT2D eigenvalue weighted by Crippen LogP contribution is -2.35. The van der Waals surface area contributed by atoms with Gasteiger partial charge < -0.3 is 10.3 Å². The SMILES string of the molecule is CN1CCCN(S(=O)(=O)c2ncccc2NN)CC1. The van der Waals surface area contributed by atoms with Gasteiger partial charge in [-0.15, -0.1) is 0 Å². The van der Waals surface area contributed by atoms with E-state index in [1.807, 2.05) is 7.05 Å². The third kappa shape index (κ3) is 3.03. The van der Waals surface area contributed by atoms with E-state index in [4.69, 9.17) is 5.84 Å². The third-order valence-electron chi connectivity index (χ3n) is 3.19. The minimum atomic E-state index is -3.60. The van der Waals surface area contributed by atoms with E-state index in [1.54, 1.807) is 12.1 Å². The highest BCUT2D eigenvalue weighted by molar-refractivity contribution is 7.89. The Hall–Kier alpha value is -1.22. The van der Waals surface area contributed by atoms with E-state index >= 15 is 0 Å². The molecule has 0 amide bonds. The fourth-order valence-electron chi connectivity index (χ4n) is 2.09. The molecule has 0 aliphatic carbocycles. The highest BCUT2D eigenvalue weighted by Crippen LogP contribution is 2.22. The van der Waals surface area contributed by atoms with E-state index in [-0.39, 0.29) is 5.03 Å². The van der Waals surface area contributed by atoms with Crippen molar-refractivity contribution < 1.29 is 8.42 Å². The molecule has 0 bridgehead atoms. The molecule has 1 fully saturated rings. The molecule has 1 aliphatic rings. The quantitative estimate of drug-likeness (QED) is 0.585. The predicted molar refractivity (Wildman–Crippen MR) is 72.9 cm³/mol. The number of aromatic nitrogens is 1. The smallest absolute Gasteiger partial charge is 0.262 e. The molecule has 0 unspecified atom stereocenters. The first-order valence-corrected chi connectivity index (χ1v) is 7.60. The first-order valence-electron chi connectivity index (χ1n) is 6.16. The Bertz CT molecular complexity index is 534. The molecule has 7 nitrogen and oxygen atoms in total. The molecule has 1 saturated heterocycles. The van der Waals surface area contributed by atoms with Gasteiger partial charge in [-0.25, -0.2) is 13.4 Å². The third-order valence-corrected chi connectivity index (χ3v) is 5.05. The van der Waals surface area contributed by atoms with Crippen LogP contribution in [0.25, 0.3) is 0 Å². The number of likely N-dealkylation sites (N-methyl/N-ethyl adjacent to an activating group) is 1. The van der Waals surface area contributed by atoms with Crippen LogP contribution in [0.15, 0.2) is 23.4 Å². The summed E-state index contributed by atoms with van der Waals surface area (Å²) in [6, 6.07) is 3.24. The number of rotatable bonds is 3. The zero-order valence-electron chi connectivity index (χ0n) is 10.9. The van der Waals surface area contributed by atoms with E-state index in [0.717, 1.165) is 19.5 Å². The second-order valence-electron chi connectivity index (χ2n) is 4.56. The van der Waals surface area contributed by atoms with Crippen LogP contribution in [0.1, 0.15) is 6.42 Å². The molecule has 0 aromatic carbocycles. The average molecular weight is 285 g/mol. The van der Waals surface area contributed by atoms with Crippen molar-refractivity contribution in [1.29, 1.82) is 0 Å². The molecule has 0 spiro atoms. The minimum absolute atomic E-state index is 0.0120. The molecule has 0 saturated carbocycles. The molecule has 8 heteroatoms. The molecular formula is C11H19N5O2S. The summed E-state index contributed by atoms with van der Waals surface area (Å²) in [5.41, 5.74) is 2.71. The van der Waals surface area contributed by atoms with Gasteiger partial charge in [-0.05, 0) is 32.1 Å². The summed E-state index contributed by atoms with van der Waals surface area (Å²) in [4.78, 5) is 6.08. The van der Waals surface area contributed by atoms with Gasteiger partial charge in [-0.1, -0.05) is 0 Å². The summed E-state index contributed by atoms with van der Waals surface area (Å²) >= 11 is 0. The summed E-state index contributed by atoms with van der Waals surface area (Å²) in [6.45, 7) is 2.60. The molecule has 2 heterocycles. The van der Waals surface area contributed by atoms with Crippen LogP contribution >= 0.6 is 0 Å². The van der Waals surface area contributed by atoms with Crippen molar-refractivity contribution in [3.05, 3.63) is 18.3 Å². The van der Waals surface area contributed by atoms with Gasteiger partial charge in [-0.2, -0.15) is 4.31 Å². The zero-order valence-corrected chi connectivity index (χ0v) is 11.7. The second-order valence-corrected chi connectivity index (χ2v) is 6.41. The Morgan fingerprint density at radius 3 is 2.84 bits per heavy atom. The first kappa shape index (κ1) is 14.2. The number of hydrogen-bond acceptors (Lipinski definition) is 6. The van der Waals surface area contributed by atoms with Gasteiger partial charge in [-0.3, -0.25) is 5.84 Å². The summed E-state index contributed by atoms with van der Waals surface area (Å²) in [6.07, 6.45) is 2.27. The number of anilines is 1. The normalized spacial score (nSPS) is 19.1. The fraction of sp³-hybridized carbons (Fsp3) is 0.545. The topological polar surface area (TPSA) is 91.6 Å². The average Bonchev–Trinajstić information content (AvgIpc) is 2.64. The van der Waals surface area contributed by atoms with E-state index in [2.05, 4.69) is 15.3 Å². The lowest BCUT2D eigenvalue weighted by Gasteiger charge is -2.20. The van der Waals surface area contributed by atoms with E-state index in [9.17, 15) is 8.42 Å². The minimum Gasteiger partial charge on any atom is -0.321 e. The van der Waals surface area contributed by atoms with Crippen molar-refractivity contribution in [3.63, 3.8) is 0 Å². The monoisotopic (exact) mass is 285 g/mol. The maximum Gasteiger partial charge on any atom is 0.262 e. The van der Waals surface area contributed by atoms with Crippen molar-refractivity contribution in [2.24, 2.45) is 5.84 Å². The Labute approximate surface area is 113 Å². The zero-order chi connectivity index (χ0) is 13.9. The standard InChI is InChI=1S/C11H19N5O2S/c1-15-6-3-7-16(9-8-15)19(17,18)11-10(14-12)4-2-5-13-11/h2,4-5,14H,3,6-9,12H2,1H3. The van der Waals surface area contributed by atoms with Gasteiger partial charge in [0.05, 0.1) is 5.69 Å². The van der Waals surface area contributed by atoms with Crippen molar-refractivity contribution in [3.8, 4) is 0 Å². The van der Waals surface area contributed by atoms with Gasteiger partial charge in [0.2, 0.25) is 0 Å². The van der Waals surface area contributed by atoms with Crippen molar-refractivity contribution in [1.82, 2.24) is 14.2 Å². The van der Waals surface area contributed by atoms with Gasteiger partial charge in [0.25, 0.3) is 10.0 Å². The van der Waals surface area contributed by atoms with Crippen molar-refractivity contribution in [2.45, 2.75) is 11.4 Å². The van der Waals surface area contributed by atoms with Gasteiger partial charge >= 0.3 is 0 Å². The molecule has 106 valence electrons. The summed E-state index contributed by atoms with van der Waals surface area (Å²) in [5, 5.41) is -0.0120. The molecule has 1 aromatic heterocycles. The Morgan fingerprint density at radius 2 is 2.11 bits per heavy atom. The van der Waals surface area contributed by atoms with Crippen LogP contribution in [-0.2, 0) is 10.0 Å². The lowest BCUT2D eigenvalue weighted by atomic mass is 10.4. The molecule has 1 aromatic rings. The van der Waals surface area contributed by atoms with Crippen LogP contribution in [0.3, 0.4) is 0 Å². The van der Waals surface area contributed by atoms with Crippen molar-refractivity contribution in [2.75, 3.05) is 38.7 Å². The maximum absolute atomic E-state index is 12.6. The van der Waals surface area contributed by atoms with Crippen LogP contribution in [0.2, 0.25) is 0 Å². The molecule has 1 aliphatic heterocycles. The number of nitrogen functional groups attached to an aromatic ring is 1. The first-order chi connectivity index (χ1) is 9.05. The number of nitrogens with one attached hydrogen (secondary N) is 1. The lowest BCUT2D eigenvalue weighted by molar-refractivity contribution is 0.347. The van der Waals surface area contributed by atoms with Crippen LogP contribution in [0, 0.1) is 0 Å². The van der Waals surface area contributed by atoms with Crippen molar-refractivity contribution >= 4 is 15.7 Å². The number of sulfonamides is 1. The number of hydrazine groups is 1. The molecule has 0 atom stereocenters. The molecule has 3 N–H and O–H groups in total. The Kier molecular flexibility index (Phi) is 4.35. The fourth-order valence-corrected chi connectivity index (χ4v) is 3.63. The number of pyridine rings is 1. The summed E-state index contributed by atoms with van der Waals surface area (Å²) < 4.78 is 26.6. The van der Waals surface area contributed by atoms with E-state index in [0.29, 0.717) is 18.8 Å². The number of hydrogen-bond donors (Lipinski definition) is 2. The van der Waals surface area contributed by atoms with Gasteiger partial charge in [0.15, 0.2) is 5.03 Å². The molecule has 0 radical (unpaired) electrons. The van der Waals surface area contributed by atoms with Crippen LogP contribution in [-0.4, -0.2) is 55.8 Å². The predicted octanol–water partition coefficient (Wildman–Crippen LogP) is -0.307. The largest absolute Gasteiger partial charge is 0.321 e. The molecule has 19 heavy (non-hydrogen) atoms. The van der Waals surface area contributed by atoms with Crippen LogP contribution < -0.4 is 11.3 Å². The number of nitrogens with zero attached hydrogens (tertiary/aromatic N) is 3. The second kappa shape index (κ2) is 5.83.